The van der Waals surface area contributed by atoms with Crippen molar-refractivity contribution in [2.75, 3.05) is 4.72 Å². The predicted octanol–water partition coefficient (Wildman–Crippen LogP) is 6.63. The van der Waals surface area contributed by atoms with Crippen LogP contribution in [0.15, 0.2) is 100 Å². The van der Waals surface area contributed by atoms with Crippen molar-refractivity contribution in [3.8, 4) is 22.6 Å². The Kier molecular flexibility index (Phi) is 5.23. The maximum absolute atomic E-state index is 13.1. The van der Waals surface area contributed by atoms with E-state index in [4.69, 9.17) is 0 Å². The highest BCUT2D eigenvalue weighted by atomic mass is 79.9. The molecular formula is C26H18BrNO4S. The summed E-state index contributed by atoms with van der Waals surface area (Å²) in [5.74, 6) is 0.240. The van der Waals surface area contributed by atoms with E-state index in [0.29, 0.717) is 22.0 Å². The fraction of sp³-hybridized carbons (Fsp3) is 0. The number of anilines is 1. The fourth-order valence-corrected chi connectivity index (χ4v) is 5.22. The lowest BCUT2D eigenvalue weighted by Gasteiger charge is -2.16. The second-order valence-electron chi connectivity index (χ2n) is 7.67. The summed E-state index contributed by atoms with van der Waals surface area (Å²) in [4.78, 5) is 0.134. The number of hydrogen-bond donors (Lipinski definition) is 3. The number of phenolic OH excluding ortho intramolecular Hbond substituents is 2. The maximum Gasteiger partial charge on any atom is 0.261 e. The van der Waals surface area contributed by atoms with Crippen LogP contribution in [0.1, 0.15) is 0 Å². The predicted molar refractivity (Wildman–Crippen MR) is 135 cm³/mol. The molecule has 0 saturated heterocycles. The molecule has 0 aliphatic heterocycles. The number of nitrogens with one attached hydrogen (secondary N) is 1. The normalized spacial score (nSPS) is 11.7. The smallest absolute Gasteiger partial charge is 0.261 e. The number of hydrogen-bond acceptors (Lipinski definition) is 4. The van der Waals surface area contributed by atoms with E-state index in [-0.39, 0.29) is 16.4 Å². The van der Waals surface area contributed by atoms with E-state index in [1.807, 2.05) is 18.2 Å². The van der Waals surface area contributed by atoms with Crippen molar-refractivity contribution < 1.29 is 18.6 Å². The van der Waals surface area contributed by atoms with Crippen LogP contribution in [-0.2, 0) is 10.0 Å². The van der Waals surface area contributed by atoms with E-state index in [9.17, 15) is 18.6 Å². The summed E-state index contributed by atoms with van der Waals surface area (Å²) in [6.07, 6.45) is 0. The van der Waals surface area contributed by atoms with Gasteiger partial charge >= 0.3 is 0 Å². The van der Waals surface area contributed by atoms with Crippen LogP contribution in [0, 0.1) is 0 Å². The molecule has 3 N–H and O–H groups in total. The van der Waals surface area contributed by atoms with Crippen molar-refractivity contribution in [2.45, 2.75) is 4.90 Å². The molecule has 0 unspecified atom stereocenters. The summed E-state index contributed by atoms with van der Waals surface area (Å²) in [5, 5.41) is 23.7. The first-order valence-corrected chi connectivity index (χ1v) is 12.4. The molecule has 5 aromatic carbocycles. The second-order valence-corrected chi connectivity index (χ2v) is 10.3. The molecule has 0 atom stereocenters. The quantitative estimate of drug-likeness (QED) is 0.232. The minimum absolute atomic E-state index is 0.0651. The lowest BCUT2D eigenvalue weighted by atomic mass is 9.96. The van der Waals surface area contributed by atoms with Gasteiger partial charge in [-0.3, -0.25) is 4.72 Å². The molecule has 0 spiro atoms. The highest BCUT2D eigenvalue weighted by Crippen LogP contribution is 2.41. The molecule has 0 heterocycles. The number of rotatable bonds is 4. The third kappa shape index (κ3) is 4.01. The van der Waals surface area contributed by atoms with E-state index < -0.39 is 10.0 Å². The molecule has 0 fully saturated rings. The number of halogens is 1. The van der Waals surface area contributed by atoms with Gasteiger partial charge < -0.3 is 10.2 Å². The largest absolute Gasteiger partial charge is 0.508 e. The molecule has 0 bridgehead atoms. The molecule has 0 aromatic heterocycles. The van der Waals surface area contributed by atoms with Gasteiger partial charge in [0.05, 0.1) is 10.6 Å². The first kappa shape index (κ1) is 21.3. The van der Waals surface area contributed by atoms with Crippen LogP contribution in [0.25, 0.3) is 32.7 Å². The van der Waals surface area contributed by atoms with E-state index in [1.165, 1.54) is 12.1 Å². The van der Waals surface area contributed by atoms with Crippen LogP contribution in [0.3, 0.4) is 0 Å². The summed E-state index contributed by atoms with van der Waals surface area (Å²) in [6.45, 7) is 0. The Morgan fingerprint density at radius 3 is 2.15 bits per heavy atom. The molecule has 5 aromatic rings. The van der Waals surface area contributed by atoms with Gasteiger partial charge in [-0.05, 0) is 64.9 Å². The number of benzene rings is 5. The Labute approximate surface area is 199 Å². The molecule has 164 valence electrons. The lowest BCUT2D eigenvalue weighted by molar-refractivity contribution is 0.476. The van der Waals surface area contributed by atoms with Crippen molar-refractivity contribution >= 4 is 53.2 Å². The van der Waals surface area contributed by atoms with Crippen molar-refractivity contribution in [3.05, 3.63) is 95.5 Å². The van der Waals surface area contributed by atoms with E-state index in [1.54, 1.807) is 60.7 Å². The summed E-state index contributed by atoms with van der Waals surface area (Å²) in [6, 6.07) is 25.8. The van der Waals surface area contributed by atoms with E-state index >= 15 is 0 Å². The zero-order valence-electron chi connectivity index (χ0n) is 17.2. The van der Waals surface area contributed by atoms with Crippen LogP contribution in [0.5, 0.6) is 11.5 Å². The zero-order valence-corrected chi connectivity index (χ0v) is 19.6. The van der Waals surface area contributed by atoms with E-state index in [0.717, 1.165) is 20.8 Å². The Bertz CT molecular complexity index is 1630. The van der Waals surface area contributed by atoms with Gasteiger partial charge in [-0.2, -0.15) is 0 Å². The van der Waals surface area contributed by atoms with Gasteiger partial charge in [-0.1, -0.05) is 58.4 Å². The average Bonchev–Trinajstić information content (AvgIpc) is 2.81. The van der Waals surface area contributed by atoms with Crippen molar-refractivity contribution in [3.63, 3.8) is 0 Å². The monoisotopic (exact) mass is 519 g/mol. The molecule has 0 aliphatic carbocycles. The highest BCUT2D eigenvalue weighted by Gasteiger charge is 2.19. The summed E-state index contributed by atoms with van der Waals surface area (Å²) >= 11 is 3.32. The van der Waals surface area contributed by atoms with Gasteiger partial charge in [0.1, 0.15) is 11.5 Å². The standard InChI is InChI=1S/C26H18BrNO4S/c27-19-8-11-21(12-9-19)33(31,32)28-25-15-24(26(30)23-4-2-1-3-22(23)25)18-6-5-17-14-20(29)10-7-16(17)13-18/h1-15,28-30H. The fourth-order valence-electron chi connectivity index (χ4n) is 3.88. The molecule has 5 nitrogen and oxygen atoms in total. The van der Waals surface area contributed by atoms with Gasteiger partial charge in [-0.25, -0.2) is 8.42 Å². The lowest BCUT2D eigenvalue weighted by Crippen LogP contribution is -2.13. The number of phenols is 2. The number of fused-ring (bicyclic) bond motifs is 2. The molecule has 33 heavy (non-hydrogen) atoms. The SMILES string of the molecule is O=S(=O)(Nc1cc(-c2ccc3cc(O)ccc3c2)c(O)c2ccccc12)c1ccc(Br)cc1. The van der Waals surface area contributed by atoms with Crippen molar-refractivity contribution in [2.24, 2.45) is 0 Å². The van der Waals surface area contributed by atoms with Crippen LogP contribution >= 0.6 is 15.9 Å². The van der Waals surface area contributed by atoms with Gasteiger partial charge in [0, 0.05) is 20.8 Å². The minimum Gasteiger partial charge on any atom is -0.508 e. The maximum atomic E-state index is 13.1. The Morgan fingerprint density at radius 1 is 0.727 bits per heavy atom. The summed E-state index contributed by atoms with van der Waals surface area (Å²) < 4.78 is 29.6. The topological polar surface area (TPSA) is 86.6 Å². The Balaban J connectivity index is 1.68. The molecule has 0 saturated carbocycles. The average molecular weight is 520 g/mol. The van der Waals surface area contributed by atoms with Gasteiger partial charge in [0.15, 0.2) is 0 Å². The number of sulfonamides is 1. The van der Waals surface area contributed by atoms with Gasteiger partial charge in [-0.15, -0.1) is 0 Å². The minimum atomic E-state index is -3.85. The van der Waals surface area contributed by atoms with Crippen molar-refractivity contribution in [1.29, 1.82) is 0 Å². The molecule has 5 rings (SSSR count). The second kappa shape index (κ2) is 8.10. The Hall–Kier alpha value is -3.55. The molecule has 0 radical (unpaired) electrons. The first-order chi connectivity index (χ1) is 15.8. The van der Waals surface area contributed by atoms with Crippen LogP contribution in [0.4, 0.5) is 5.69 Å². The Morgan fingerprint density at radius 2 is 1.39 bits per heavy atom. The first-order valence-electron chi connectivity index (χ1n) is 10.1. The van der Waals surface area contributed by atoms with E-state index in [2.05, 4.69) is 20.7 Å². The summed E-state index contributed by atoms with van der Waals surface area (Å²) in [5.41, 5.74) is 1.59. The third-order valence-corrected chi connectivity index (χ3v) is 7.43. The third-order valence-electron chi connectivity index (χ3n) is 5.52. The van der Waals surface area contributed by atoms with Crippen LogP contribution in [0.2, 0.25) is 0 Å². The number of aromatic hydroxyl groups is 2. The highest BCUT2D eigenvalue weighted by molar-refractivity contribution is 9.10. The van der Waals surface area contributed by atoms with Crippen molar-refractivity contribution in [1.82, 2.24) is 0 Å². The molecular weight excluding hydrogens is 502 g/mol. The van der Waals surface area contributed by atoms with Gasteiger partial charge in [0.25, 0.3) is 10.0 Å². The zero-order chi connectivity index (χ0) is 23.2. The van der Waals surface area contributed by atoms with Gasteiger partial charge in [0.2, 0.25) is 0 Å². The van der Waals surface area contributed by atoms with Crippen LogP contribution in [-0.4, -0.2) is 18.6 Å². The van der Waals surface area contributed by atoms with Crippen LogP contribution < -0.4 is 4.72 Å². The molecule has 0 amide bonds. The molecule has 7 heteroatoms. The summed E-state index contributed by atoms with van der Waals surface area (Å²) in [7, 11) is -3.85. The molecule has 0 aliphatic rings.